The number of aromatic nitrogens is 1. The monoisotopic (exact) mass is 455 g/mol. The molecular weight excluding hydrogens is 418 g/mol. The Bertz CT molecular complexity index is 981. The van der Waals surface area contributed by atoms with Gasteiger partial charge in [-0.1, -0.05) is 19.3 Å². The second-order valence-corrected chi connectivity index (χ2v) is 9.62. The van der Waals surface area contributed by atoms with Gasteiger partial charge >= 0.3 is 0 Å². The highest BCUT2D eigenvalue weighted by atomic mass is 16.5. The molecule has 0 spiro atoms. The highest BCUT2D eigenvalue weighted by molar-refractivity contribution is 6.45. The Morgan fingerprint density at radius 2 is 1.73 bits per heavy atom. The van der Waals surface area contributed by atoms with Gasteiger partial charge in [0.25, 0.3) is 11.7 Å². The number of H-pyrrole nitrogens is 1. The van der Waals surface area contributed by atoms with E-state index in [9.17, 15) is 14.4 Å². The van der Waals surface area contributed by atoms with E-state index in [1.54, 1.807) is 36.4 Å². The van der Waals surface area contributed by atoms with Crippen LogP contribution in [0.4, 0.5) is 0 Å². The summed E-state index contributed by atoms with van der Waals surface area (Å²) in [5, 5.41) is 0.670. The van der Waals surface area contributed by atoms with Crippen LogP contribution in [0.3, 0.4) is 0 Å². The molecule has 0 bridgehead atoms. The van der Waals surface area contributed by atoms with E-state index in [-0.39, 0.29) is 24.5 Å². The maximum atomic E-state index is 13.4. The summed E-state index contributed by atoms with van der Waals surface area (Å²) in [5.41, 5.74) is 1.05. The molecule has 0 saturated heterocycles. The first-order valence-electron chi connectivity index (χ1n) is 12.0. The summed E-state index contributed by atoms with van der Waals surface area (Å²) in [4.78, 5) is 46.3. The van der Waals surface area contributed by atoms with E-state index in [1.165, 1.54) is 11.3 Å². The van der Waals surface area contributed by atoms with Crippen molar-refractivity contribution in [1.82, 2.24) is 14.8 Å². The Kier molecular flexibility index (Phi) is 8.16. The SMILES string of the molecule is COc1ccc2c(C(=O)C(=O)N(CC(=O)N(C(C)C)C(C)C)CC3CCCCC3)c[nH]c2c1. The van der Waals surface area contributed by atoms with Crippen molar-refractivity contribution in [3.05, 3.63) is 30.0 Å². The molecule has 1 saturated carbocycles. The second kappa shape index (κ2) is 10.9. The first-order valence-corrected chi connectivity index (χ1v) is 12.0. The second-order valence-electron chi connectivity index (χ2n) is 9.62. The molecule has 1 N–H and O–H groups in total. The lowest BCUT2D eigenvalue weighted by molar-refractivity contribution is -0.141. The third kappa shape index (κ3) is 5.75. The van der Waals surface area contributed by atoms with Crippen LogP contribution in [0, 0.1) is 5.92 Å². The van der Waals surface area contributed by atoms with Crippen LogP contribution in [-0.4, -0.2) is 64.7 Å². The Hall–Kier alpha value is -2.83. The number of nitrogens with one attached hydrogen (secondary N) is 1. The fourth-order valence-electron chi connectivity index (χ4n) is 5.00. The summed E-state index contributed by atoms with van der Waals surface area (Å²) < 4.78 is 5.24. The molecule has 1 aliphatic carbocycles. The minimum atomic E-state index is -0.613. The molecule has 1 heterocycles. The van der Waals surface area contributed by atoms with Gasteiger partial charge in [0.2, 0.25) is 5.91 Å². The minimum Gasteiger partial charge on any atom is -0.497 e. The number of amides is 2. The summed E-state index contributed by atoms with van der Waals surface area (Å²) in [7, 11) is 1.58. The average molecular weight is 456 g/mol. The van der Waals surface area contributed by atoms with Crippen molar-refractivity contribution >= 4 is 28.5 Å². The summed E-state index contributed by atoms with van der Waals surface area (Å²) in [6.07, 6.45) is 7.08. The quantitative estimate of drug-likeness (QED) is 0.448. The smallest absolute Gasteiger partial charge is 0.295 e. The number of rotatable bonds is 9. The maximum Gasteiger partial charge on any atom is 0.295 e. The number of nitrogens with zero attached hydrogens (tertiary/aromatic N) is 2. The van der Waals surface area contributed by atoms with Gasteiger partial charge in [-0.2, -0.15) is 0 Å². The van der Waals surface area contributed by atoms with E-state index in [0.717, 1.165) is 31.2 Å². The highest BCUT2D eigenvalue weighted by Gasteiger charge is 2.31. The number of methoxy groups -OCH3 is 1. The number of ether oxygens (including phenoxy) is 1. The molecule has 0 atom stereocenters. The Morgan fingerprint density at radius 3 is 2.33 bits per heavy atom. The molecule has 1 aromatic heterocycles. The fourth-order valence-corrected chi connectivity index (χ4v) is 5.00. The van der Waals surface area contributed by atoms with Crippen LogP contribution in [-0.2, 0) is 9.59 Å². The predicted octanol–water partition coefficient (Wildman–Crippen LogP) is 4.41. The van der Waals surface area contributed by atoms with Crippen molar-refractivity contribution in [2.45, 2.75) is 71.9 Å². The summed E-state index contributed by atoms with van der Waals surface area (Å²) in [6, 6.07) is 5.38. The van der Waals surface area contributed by atoms with Crippen LogP contribution in [0.25, 0.3) is 10.9 Å². The Labute approximate surface area is 196 Å². The van der Waals surface area contributed by atoms with Crippen molar-refractivity contribution in [2.75, 3.05) is 20.2 Å². The summed E-state index contributed by atoms with van der Waals surface area (Å²) >= 11 is 0. The Morgan fingerprint density at radius 1 is 1.06 bits per heavy atom. The zero-order valence-electron chi connectivity index (χ0n) is 20.5. The molecule has 1 fully saturated rings. The van der Waals surface area contributed by atoms with Gasteiger partial charge in [-0.15, -0.1) is 0 Å². The molecule has 1 aliphatic rings. The fraction of sp³-hybridized carbons (Fsp3) is 0.577. The van der Waals surface area contributed by atoms with Crippen LogP contribution < -0.4 is 4.74 Å². The van der Waals surface area contributed by atoms with E-state index >= 15 is 0 Å². The number of hydrogen-bond acceptors (Lipinski definition) is 4. The number of aromatic amines is 1. The molecule has 0 radical (unpaired) electrons. The number of hydrogen-bond donors (Lipinski definition) is 1. The number of ketones is 1. The molecule has 180 valence electrons. The Balaban J connectivity index is 1.86. The van der Waals surface area contributed by atoms with Crippen molar-refractivity contribution < 1.29 is 19.1 Å². The van der Waals surface area contributed by atoms with Gasteiger partial charge in [0.05, 0.1) is 12.7 Å². The third-order valence-electron chi connectivity index (χ3n) is 6.55. The van der Waals surface area contributed by atoms with Crippen LogP contribution in [0.5, 0.6) is 5.75 Å². The normalized spacial score (nSPS) is 14.6. The van der Waals surface area contributed by atoms with E-state index in [1.807, 2.05) is 27.7 Å². The van der Waals surface area contributed by atoms with Gasteiger partial charge in [0, 0.05) is 41.8 Å². The molecule has 2 aromatic rings. The lowest BCUT2D eigenvalue weighted by Crippen LogP contribution is -2.50. The van der Waals surface area contributed by atoms with Crippen LogP contribution in [0.15, 0.2) is 24.4 Å². The molecule has 0 aliphatic heterocycles. The lowest BCUT2D eigenvalue weighted by atomic mass is 9.89. The molecule has 2 amide bonds. The number of Topliss-reactive ketones (excluding diaryl/α,β-unsaturated/α-hetero) is 1. The van der Waals surface area contributed by atoms with Crippen LogP contribution in [0.2, 0.25) is 0 Å². The number of fused-ring (bicyclic) bond motifs is 1. The average Bonchev–Trinajstić information content (AvgIpc) is 3.21. The van der Waals surface area contributed by atoms with Gasteiger partial charge in [0.15, 0.2) is 0 Å². The highest BCUT2D eigenvalue weighted by Crippen LogP contribution is 2.26. The zero-order chi connectivity index (χ0) is 24.1. The zero-order valence-corrected chi connectivity index (χ0v) is 20.5. The molecule has 1 aromatic carbocycles. The van der Waals surface area contributed by atoms with E-state index in [0.29, 0.717) is 29.2 Å². The predicted molar refractivity (Wildman–Crippen MR) is 129 cm³/mol. The lowest BCUT2D eigenvalue weighted by Gasteiger charge is -2.34. The van der Waals surface area contributed by atoms with Crippen molar-refractivity contribution in [1.29, 1.82) is 0 Å². The van der Waals surface area contributed by atoms with Crippen molar-refractivity contribution in [3.8, 4) is 5.75 Å². The molecule has 33 heavy (non-hydrogen) atoms. The molecule has 3 rings (SSSR count). The molecule has 7 nitrogen and oxygen atoms in total. The largest absolute Gasteiger partial charge is 0.497 e. The van der Waals surface area contributed by atoms with Crippen LogP contribution >= 0.6 is 0 Å². The van der Waals surface area contributed by atoms with Crippen LogP contribution in [0.1, 0.15) is 70.2 Å². The summed E-state index contributed by atoms with van der Waals surface area (Å²) in [5.74, 6) is -0.335. The van der Waals surface area contributed by atoms with E-state index in [2.05, 4.69) is 4.98 Å². The van der Waals surface area contributed by atoms with Gasteiger partial charge < -0.3 is 19.5 Å². The molecule has 0 unspecified atom stereocenters. The summed E-state index contributed by atoms with van der Waals surface area (Å²) in [6.45, 7) is 8.24. The minimum absolute atomic E-state index is 0.0171. The first kappa shape index (κ1) is 24.8. The van der Waals surface area contributed by atoms with Crippen molar-refractivity contribution in [3.63, 3.8) is 0 Å². The number of carbonyl (C=O) groups excluding carboxylic acids is 3. The number of carbonyl (C=O) groups is 3. The van der Waals surface area contributed by atoms with Gasteiger partial charge in [0.1, 0.15) is 12.3 Å². The van der Waals surface area contributed by atoms with Gasteiger partial charge in [-0.05, 0) is 58.6 Å². The van der Waals surface area contributed by atoms with E-state index in [4.69, 9.17) is 4.74 Å². The van der Waals surface area contributed by atoms with Crippen molar-refractivity contribution in [2.24, 2.45) is 5.92 Å². The molecule has 7 heteroatoms. The van der Waals surface area contributed by atoms with Gasteiger partial charge in [-0.3, -0.25) is 14.4 Å². The molecular formula is C26H37N3O4. The maximum absolute atomic E-state index is 13.4. The third-order valence-corrected chi connectivity index (χ3v) is 6.55. The van der Waals surface area contributed by atoms with E-state index < -0.39 is 11.7 Å². The van der Waals surface area contributed by atoms with Gasteiger partial charge in [-0.25, -0.2) is 0 Å². The first-order chi connectivity index (χ1) is 15.7. The standard InChI is InChI=1S/C26H37N3O4/c1-17(2)29(18(3)4)24(30)16-28(15-19-9-7-6-8-10-19)26(32)25(31)22-14-27-23-13-20(33-5)11-12-21(22)23/h11-14,17-19,27H,6-10,15-16H2,1-5H3. The number of benzene rings is 1. The topological polar surface area (TPSA) is 82.7 Å².